The van der Waals surface area contributed by atoms with Crippen molar-refractivity contribution < 1.29 is 0 Å². The number of hydrogen-bond acceptors (Lipinski definition) is 4. The quantitative estimate of drug-likeness (QED) is 0.530. The molecular weight excluding hydrogens is 324 g/mol. The summed E-state index contributed by atoms with van der Waals surface area (Å²) >= 11 is 6.15. The maximum atomic E-state index is 6.15. The summed E-state index contributed by atoms with van der Waals surface area (Å²) in [5.74, 6) is 0.874. The third kappa shape index (κ3) is 2.17. The van der Waals surface area contributed by atoms with Crippen LogP contribution in [0.25, 0.3) is 22.4 Å². The SMILES string of the molecule is Cc1ccc(Cl)cc1-n1ncc2c1ncn1c(C(C)(C)C)nnc21. The minimum Gasteiger partial charge on any atom is -0.268 e. The molecule has 0 radical (unpaired) electrons. The highest BCUT2D eigenvalue weighted by molar-refractivity contribution is 6.30. The molecule has 6 nitrogen and oxygen atoms in total. The molecular formula is C17H17ClN6. The summed E-state index contributed by atoms with van der Waals surface area (Å²) in [5, 5.41) is 14.7. The van der Waals surface area contributed by atoms with Crippen molar-refractivity contribution in [2.75, 3.05) is 0 Å². The Kier molecular flexibility index (Phi) is 3.15. The molecule has 0 unspecified atom stereocenters. The lowest BCUT2D eigenvalue weighted by Gasteiger charge is -2.15. The Bertz CT molecular complexity index is 1070. The van der Waals surface area contributed by atoms with E-state index in [1.54, 1.807) is 17.2 Å². The van der Waals surface area contributed by atoms with Crippen LogP contribution in [0.5, 0.6) is 0 Å². The molecule has 0 atom stereocenters. The molecule has 3 aromatic heterocycles. The maximum Gasteiger partial charge on any atom is 0.174 e. The van der Waals surface area contributed by atoms with Gasteiger partial charge in [-0.3, -0.25) is 4.40 Å². The van der Waals surface area contributed by atoms with Gasteiger partial charge in [-0.1, -0.05) is 38.4 Å². The van der Waals surface area contributed by atoms with Gasteiger partial charge >= 0.3 is 0 Å². The monoisotopic (exact) mass is 340 g/mol. The molecule has 0 aliphatic carbocycles. The zero-order chi connectivity index (χ0) is 17.1. The molecule has 0 spiro atoms. The molecule has 4 aromatic rings. The van der Waals surface area contributed by atoms with Crippen LogP contribution in [0.3, 0.4) is 0 Å². The van der Waals surface area contributed by atoms with Gasteiger partial charge in [0.2, 0.25) is 0 Å². The van der Waals surface area contributed by atoms with Gasteiger partial charge < -0.3 is 0 Å². The van der Waals surface area contributed by atoms with E-state index >= 15 is 0 Å². The van der Waals surface area contributed by atoms with Crippen molar-refractivity contribution in [1.82, 2.24) is 29.4 Å². The molecule has 24 heavy (non-hydrogen) atoms. The third-order valence-corrected chi connectivity index (χ3v) is 4.28. The fraction of sp³-hybridized carbons (Fsp3) is 0.294. The predicted octanol–water partition coefficient (Wildman–Crippen LogP) is 3.72. The van der Waals surface area contributed by atoms with Crippen molar-refractivity contribution in [1.29, 1.82) is 0 Å². The molecule has 0 amide bonds. The fourth-order valence-electron chi connectivity index (χ4n) is 2.82. The molecule has 122 valence electrons. The van der Waals surface area contributed by atoms with Gasteiger partial charge in [0.15, 0.2) is 11.3 Å². The first-order valence-electron chi connectivity index (χ1n) is 7.71. The lowest BCUT2D eigenvalue weighted by Crippen LogP contribution is -2.16. The highest BCUT2D eigenvalue weighted by Gasteiger charge is 2.23. The predicted molar refractivity (Wildman–Crippen MR) is 93.9 cm³/mol. The molecule has 0 bridgehead atoms. The summed E-state index contributed by atoms with van der Waals surface area (Å²) in [4.78, 5) is 4.60. The van der Waals surface area contributed by atoms with E-state index in [-0.39, 0.29) is 5.41 Å². The second-order valence-corrected chi connectivity index (χ2v) is 7.37. The number of aromatic nitrogens is 6. The minimum absolute atomic E-state index is 0.117. The van der Waals surface area contributed by atoms with E-state index in [2.05, 4.69) is 41.1 Å². The Morgan fingerprint density at radius 1 is 1.08 bits per heavy atom. The zero-order valence-corrected chi connectivity index (χ0v) is 14.7. The standard InChI is InChI=1S/C17H17ClN6/c1-10-5-6-11(18)7-13(10)24-14-12(8-20-24)15-21-22-16(17(2,3)4)23(15)9-19-14/h5-9H,1-4H3. The van der Waals surface area contributed by atoms with Gasteiger partial charge in [0.1, 0.15) is 12.2 Å². The van der Waals surface area contributed by atoms with Crippen molar-refractivity contribution in [3.05, 3.63) is 47.1 Å². The number of halogens is 1. The minimum atomic E-state index is -0.117. The Labute approximate surface area is 144 Å². The summed E-state index contributed by atoms with van der Waals surface area (Å²) in [7, 11) is 0. The Morgan fingerprint density at radius 3 is 2.62 bits per heavy atom. The average molecular weight is 341 g/mol. The van der Waals surface area contributed by atoms with Gasteiger partial charge in [-0.15, -0.1) is 10.2 Å². The van der Waals surface area contributed by atoms with Crippen LogP contribution < -0.4 is 0 Å². The van der Waals surface area contributed by atoms with Crippen LogP contribution in [0, 0.1) is 6.92 Å². The normalized spacial score (nSPS) is 12.4. The van der Waals surface area contributed by atoms with Gasteiger partial charge in [0, 0.05) is 10.4 Å². The first-order valence-corrected chi connectivity index (χ1v) is 8.08. The van der Waals surface area contributed by atoms with E-state index in [4.69, 9.17) is 11.6 Å². The lowest BCUT2D eigenvalue weighted by atomic mass is 9.96. The second kappa shape index (κ2) is 5.01. The summed E-state index contributed by atoms with van der Waals surface area (Å²) in [6.07, 6.45) is 3.54. The number of hydrogen-bond donors (Lipinski definition) is 0. The lowest BCUT2D eigenvalue weighted by molar-refractivity contribution is 0.537. The molecule has 3 heterocycles. The number of nitrogens with zero attached hydrogens (tertiary/aromatic N) is 6. The molecule has 0 aliphatic rings. The third-order valence-electron chi connectivity index (χ3n) is 4.05. The van der Waals surface area contributed by atoms with Crippen LogP contribution in [0.2, 0.25) is 5.02 Å². The molecule has 0 saturated carbocycles. The van der Waals surface area contributed by atoms with Crippen LogP contribution in [0.1, 0.15) is 32.2 Å². The number of rotatable bonds is 1. The van der Waals surface area contributed by atoms with E-state index in [0.717, 1.165) is 33.8 Å². The van der Waals surface area contributed by atoms with Crippen LogP contribution in [-0.2, 0) is 5.41 Å². The van der Waals surface area contributed by atoms with Crippen molar-refractivity contribution in [2.45, 2.75) is 33.1 Å². The van der Waals surface area contributed by atoms with Crippen molar-refractivity contribution in [3.8, 4) is 5.69 Å². The molecule has 0 saturated heterocycles. The summed E-state index contributed by atoms with van der Waals surface area (Å²) in [6, 6.07) is 5.73. The number of benzene rings is 1. The molecule has 4 rings (SSSR count). The Balaban J connectivity index is 2.00. The van der Waals surface area contributed by atoms with Crippen molar-refractivity contribution >= 4 is 28.3 Å². The molecule has 0 aliphatic heterocycles. The Hall–Kier alpha value is -2.47. The average Bonchev–Trinajstić information content (AvgIpc) is 3.12. The van der Waals surface area contributed by atoms with Gasteiger partial charge in [0.25, 0.3) is 0 Å². The van der Waals surface area contributed by atoms with Crippen molar-refractivity contribution in [2.24, 2.45) is 0 Å². The summed E-state index contributed by atoms with van der Waals surface area (Å²) in [5.41, 5.74) is 3.36. The van der Waals surface area contributed by atoms with Gasteiger partial charge in [-0.05, 0) is 24.6 Å². The largest absolute Gasteiger partial charge is 0.268 e. The highest BCUT2D eigenvalue weighted by Crippen LogP contribution is 2.26. The topological polar surface area (TPSA) is 60.9 Å². The molecule has 0 fully saturated rings. The number of aryl methyl sites for hydroxylation is 1. The number of fused-ring (bicyclic) bond motifs is 3. The second-order valence-electron chi connectivity index (χ2n) is 6.94. The van der Waals surface area contributed by atoms with Crippen LogP contribution >= 0.6 is 11.6 Å². The van der Waals surface area contributed by atoms with Crippen LogP contribution in [0.4, 0.5) is 0 Å². The van der Waals surface area contributed by atoms with E-state index in [0.29, 0.717) is 5.02 Å². The highest BCUT2D eigenvalue weighted by atomic mass is 35.5. The van der Waals surface area contributed by atoms with Gasteiger partial charge in [-0.2, -0.15) is 5.10 Å². The zero-order valence-electron chi connectivity index (χ0n) is 13.9. The summed E-state index contributed by atoms with van der Waals surface area (Å²) in [6.45, 7) is 8.33. The molecule has 0 N–H and O–H groups in total. The van der Waals surface area contributed by atoms with Gasteiger partial charge in [0.05, 0.1) is 17.3 Å². The molecule has 7 heteroatoms. The van der Waals surface area contributed by atoms with Gasteiger partial charge in [-0.25, -0.2) is 9.67 Å². The van der Waals surface area contributed by atoms with Crippen molar-refractivity contribution in [3.63, 3.8) is 0 Å². The van der Waals surface area contributed by atoms with E-state index in [1.165, 1.54) is 0 Å². The smallest absolute Gasteiger partial charge is 0.174 e. The summed E-state index contributed by atoms with van der Waals surface area (Å²) < 4.78 is 3.72. The maximum absolute atomic E-state index is 6.15. The van der Waals surface area contributed by atoms with Crippen LogP contribution in [0.15, 0.2) is 30.7 Å². The van der Waals surface area contributed by atoms with E-state index in [1.807, 2.05) is 29.5 Å². The fourth-order valence-corrected chi connectivity index (χ4v) is 2.99. The molecule has 1 aromatic carbocycles. The van der Waals surface area contributed by atoms with E-state index in [9.17, 15) is 0 Å². The first-order chi connectivity index (χ1) is 11.4. The Morgan fingerprint density at radius 2 is 1.88 bits per heavy atom. The van der Waals surface area contributed by atoms with Crippen LogP contribution in [-0.4, -0.2) is 29.4 Å². The first kappa shape index (κ1) is 15.1. The van der Waals surface area contributed by atoms with E-state index < -0.39 is 0 Å².